The maximum absolute atomic E-state index is 6.31. The lowest BCUT2D eigenvalue weighted by Gasteiger charge is -2.19. The summed E-state index contributed by atoms with van der Waals surface area (Å²) in [4.78, 5) is 0. The van der Waals surface area contributed by atoms with Gasteiger partial charge in [0.15, 0.2) is 0 Å². The van der Waals surface area contributed by atoms with Crippen molar-refractivity contribution >= 4 is 5.57 Å². The second kappa shape index (κ2) is 4.40. The largest absolute Gasteiger partial charge is 0.421 e. The lowest BCUT2D eigenvalue weighted by Crippen LogP contribution is -2.26. The molecular weight excluding hydrogens is 276 g/mol. The van der Waals surface area contributed by atoms with Crippen molar-refractivity contribution in [1.82, 2.24) is 15.5 Å². The Morgan fingerprint density at radius 3 is 2.91 bits per heavy atom. The number of hydrogen-bond acceptors (Lipinski definition) is 5. The summed E-state index contributed by atoms with van der Waals surface area (Å²) in [6, 6.07) is 0. The van der Waals surface area contributed by atoms with Crippen LogP contribution in [0.1, 0.15) is 49.8 Å². The summed E-state index contributed by atoms with van der Waals surface area (Å²) < 4.78 is 5.98. The van der Waals surface area contributed by atoms with Crippen LogP contribution >= 0.6 is 0 Å². The van der Waals surface area contributed by atoms with Crippen LogP contribution in [0.2, 0.25) is 0 Å². The first kappa shape index (κ1) is 12.8. The van der Waals surface area contributed by atoms with E-state index in [1.807, 2.05) is 0 Å². The van der Waals surface area contributed by atoms with Gasteiger partial charge in [0, 0.05) is 17.0 Å². The van der Waals surface area contributed by atoms with Crippen LogP contribution in [0.4, 0.5) is 0 Å². The van der Waals surface area contributed by atoms with Gasteiger partial charge < -0.3 is 15.5 Å². The Morgan fingerprint density at radius 2 is 2.05 bits per heavy atom. The molecule has 1 aromatic rings. The van der Waals surface area contributed by atoms with Crippen LogP contribution in [0.3, 0.4) is 0 Å². The molecule has 1 saturated heterocycles. The van der Waals surface area contributed by atoms with Crippen molar-refractivity contribution in [1.29, 1.82) is 0 Å². The number of hydrogen-bond donors (Lipinski definition) is 2. The lowest BCUT2D eigenvalue weighted by atomic mass is 9.93. The zero-order chi connectivity index (χ0) is 14.7. The van der Waals surface area contributed by atoms with Crippen LogP contribution in [0, 0.1) is 0 Å². The molecule has 22 heavy (non-hydrogen) atoms. The number of nitrogens with zero attached hydrogens (tertiary/aromatic N) is 2. The minimum atomic E-state index is -0.0256. The van der Waals surface area contributed by atoms with Crippen LogP contribution in [-0.4, -0.2) is 28.8 Å². The first-order valence-corrected chi connectivity index (χ1v) is 8.20. The Bertz CT molecular complexity index is 736. The number of rotatable bonds is 2. The number of fused-ring (bicyclic) bond motifs is 2. The zero-order valence-corrected chi connectivity index (χ0v) is 12.6. The van der Waals surface area contributed by atoms with E-state index in [4.69, 9.17) is 10.2 Å². The summed E-state index contributed by atoms with van der Waals surface area (Å²) in [6.07, 6.45) is 9.60. The van der Waals surface area contributed by atoms with Crippen molar-refractivity contribution in [2.45, 2.75) is 43.6 Å². The molecule has 0 spiro atoms. The molecule has 114 valence electrons. The van der Waals surface area contributed by atoms with E-state index in [0.717, 1.165) is 56.7 Å². The molecule has 0 aromatic carbocycles. The predicted molar refractivity (Wildman–Crippen MR) is 83.0 cm³/mol. The molecule has 1 saturated carbocycles. The maximum atomic E-state index is 6.31. The minimum Gasteiger partial charge on any atom is -0.421 e. The molecule has 0 radical (unpaired) electrons. The van der Waals surface area contributed by atoms with Crippen LogP contribution < -0.4 is 11.1 Å². The summed E-state index contributed by atoms with van der Waals surface area (Å²) in [5.74, 6) is 1.90. The van der Waals surface area contributed by atoms with Gasteiger partial charge in [-0.2, -0.15) is 0 Å². The SMILES string of the molecule is NC12CC3=CCC(c4nnc(C5CCNCC5)o4)=CC3=C1C2. The number of nitrogens with one attached hydrogen (secondary N) is 1. The summed E-state index contributed by atoms with van der Waals surface area (Å²) in [5, 5.41) is 12.0. The van der Waals surface area contributed by atoms with Gasteiger partial charge in [0.05, 0.1) is 0 Å². The van der Waals surface area contributed by atoms with Crippen LogP contribution in [-0.2, 0) is 0 Å². The molecule has 0 amide bonds. The third-order valence-corrected chi connectivity index (χ3v) is 5.44. The van der Waals surface area contributed by atoms with Gasteiger partial charge in [0.1, 0.15) is 0 Å². The van der Waals surface area contributed by atoms with Gasteiger partial charge in [-0.15, -0.1) is 10.2 Å². The molecule has 1 aliphatic heterocycles. The average molecular weight is 296 g/mol. The maximum Gasteiger partial charge on any atom is 0.244 e. The smallest absolute Gasteiger partial charge is 0.244 e. The standard InChI is InChI=1S/C17H20N4O/c18-17-8-12-2-1-11(7-13(12)14(17)9-17)16-21-20-15(22-16)10-3-5-19-6-4-10/h2,7,10,19H,1,3-6,8-9,18H2. The van der Waals surface area contributed by atoms with Gasteiger partial charge in [-0.3, -0.25) is 0 Å². The lowest BCUT2D eigenvalue weighted by molar-refractivity contribution is 0.370. The van der Waals surface area contributed by atoms with Gasteiger partial charge in [0.2, 0.25) is 11.8 Å². The van der Waals surface area contributed by atoms with Crippen LogP contribution in [0.15, 0.2) is 33.3 Å². The van der Waals surface area contributed by atoms with Crippen molar-refractivity contribution in [3.63, 3.8) is 0 Å². The highest BCUT2D eigenvalue weighted by atomic mass is 16.4. The van der Waals surface area contributed by atoms with Crippen LogP contribution in [0.25, 0.3) is 5.57 Å². The van der Waals surface area contributed by atoms with Crippen molar-refractivity contribution in [3.8, 4) is 0 Å². The number of aromatic nitrogens is 2. The average Bonchev–Trinajstić information content (AvgIpc) is 2.92. The second-order valence-corrected chi connectivity index (χ2v) is 6.97. The third-order valence-electron chi connectivity index (χ3n) is 5.44. The molecular formula is C17H20N4O. The van der Waals surface area contributed by atoms with Crippen LogP contribution in [0.5, 0.6) is 0 Å². The van der Waals surface area contributed by atoms with Gasteiger partial charge in [-0.25, -0.2) is 0 Å². The Hall–Kier alpha value is -1.72. The number of piperidine rings is 1. The molecule has 5 heteroatoms. The molecule has 1 atom stereocenters. The van der Waals surface area contributed by atoms with Gasteiger partial charge in [-0.1, -0.05) is 6.08 Å². The van der Waals surface area contributed by atoms with Gasteiger partial charge in [0.25, 0.3) is 0 Å². The normalized spacial score (nSPS) is 30.8. The monoisotopic (exact) mass is 296 g/mol. The van der Waals surface area contributed by atoms with E-state index in [0.29, 0.717) is 11.8 Å². The van der Waals surface area contributed by atoms with E-state index in [-0.39, 0.29) is 5.54 Å². The Labute approximate surface area is 129 Å². The summed E-state index contributed by atoms with van der Waals surface area (Å²) in [7, 11) is 0. The molecule has 1 aromatic heterocycles. The first-order chi connectivity index (χ1) is 10.7. The fourth-order valence-corrected chi connectivity index (χ4v) is 4.01. The molecule has 3 aliphatic carbocycles. The van der Waals surface area contributed by atoms with Crippen molar-refractivity contribution in [2.75, 3.05) is 13.1 Å². The predicted octanol–water partition coefficient (Wildman–Crippen LogP) is 2.05. The summed E-state index contributed by atoms with van der Waals surface area (Å²) in [5.41, 5.74) is 11.6. The Balaban J connectivity index is 1.43. The minimum absolute atomic E-state index is 0.0256. The number of allylic oxidation sites excluding steroid dienone is 4. The molecule has 4 aliphatic rings. The number of nitrogens with two attached hydrogens (primary N) is 1. The van der Waals surface area contributed by atoms with E-state index in [1.165, 1.54) is 16.7 Å². The van der Waals surface area contributed by atoms with Crippen molar-refractivity contribution < 1.29 is 4.42 Å². The topological polar surface area (TPSA) is 77.0 Å². The van der Waals surface area contributed by atoms with Gasteiger partial charge >= 0.3 is 0 Å². The Morgan fingerprint density at radius 1 is 1.18 bits per heavy atom. The van der Waals surface area contributed by atoms with Crippen molar-refractivity contribution in [3.05, 3.63) is 40.7 Å². The molecule has 3 N–H and O–H groups in total. The molecule has 0 bridgehead atoms. The van der Waals surface area contributed by atoms with E-state index >= 15 is 0 Å². The highest BCUT2D eigenvalue weighted by Crippen LogP contribution is 2.57. The second-order valence-electron chi connectivity index (χ2n) is 6.97. The van der Waals surface area contributed by atoms with Crippen molar-refractivity contribution in [2.24, 2.45) is 5.73 Å². The van der Waals surface area contributed by atoms with E-state index < -0.39 is 0 Å². The molecule has 2 heterocycles. The zero-order valence-electron chi connectivity index (χ0n) is 12.6. The molecule has 5 rings (SSSR count). The summed E-state index contributed by atoms with van der Waals surface area (Å²) in [6.45, 7) is 2.07. The van der Waals surface area contributed by atoms with E-state index in [2.05, 4.69) is 27.7 Å². The van der Waals surface area contributed by atoms with E-state index in [9.17, 15) is 0 Å². The van der Waals surface area contributed by atoms with Gasteiger partial charge in [-0.05, 0) is 68.0 Å². The highest BCUT2D eigenvalue weighted by molar-refractivity contribution is 5.75. The molecule has 2 fully saturated rings. The molecule has 5 nitrogen and oxygen atoms in total. The first-order valence-electron chi connectivity index (χ1n) is 8.20. The van der Waals surface area contributed by atoms with E-state index in [1.54, 1.807) is 0 Å². The fraction of sp³-hybridized carbons (Fsp3) is 0.529. The Kier molecular flexibility index (Phi) is 2.56. The quantitative estimate of drug-likeness (QED) is 0.873. The third kappa shape index (κ3) is 1.85. The highest BCUT2D eigenvalue weighted by Gasteiger charge is 2.52. The fourth-order valence-electron chi connectivity index (χ4n) is 4.01. The summed E-state index contributed by atoms with van der Waals surface area (Å²) >= 11 is 0. The molecule has 1 unspecified atom stereocenters.